The number of halogens is 2. The number of carbonyl (C=O) groups excluding carboxylic acids is 5. The summed E-state index contributed by atoms with van der Waals surface area (Å²) in [5.41, 5.74) is -4.40. The third-order valence-electron chi connectivity index (χ3n) is 7.93. The van der Waals surface area contributed by atoms with Crippen molar-refractivity contribution in [3.8, 4) is 0 Å². The number of esters is 5. The number of carbonyl (C=O) groups is 5. The van der Waals surface area contributed by atoms with E-state index in [2.05, 4.69) is 0 Å². The van der Waals surface area contributed by atoms with E-state index in [1.54, 1.807) is 6.92 Å². The number of quaternary nitrogens is 1. The maximum absolute atomic E-state index is 13.5. The molecule has 0 aliphatic rings. The fourth-order valence-corrected chi connectivity index (χ4v) is 6.86. The quantitative estimate of drug-likeness (QED) is 0.0314. The van der Waals surface area contributed by atoms with Crippen LogP contribution in [0.4, 0.5) is 0 Å². The van der Waals surface area contributed by atoms with Gasteiger partial charge in [0.1, 0.15) is 49.3 Å². The van der Waals surface area contributed by atoms with Crippen molar-refractivity contribution in [3.05, 3.63) is 0 Å². The van der Waals surface area contributed by atoms with E-state index in [0.29, 0.717) is 11.0 Å². The lowest BCUT2D eigenvalue weighted by Crippen LogP contribution is -2.47. The average molecular weight is 841 g/mol. The maximum atomic E-state index is 13.5. The van der Waals surface area contributed by atoms with Crippen LogP contribution in [0.5, 0.6) is 0 Å². The van der Waals surface area contributed by atoms with Crippen LogP contribution in [0.3, 0.4) is 0 Å². The zero-order chi connectivity index (χ0) is 42.2. The zero-order valence-corrected chi connectivity index (χ0v) is 35.8. The maximum Gasteiger partial charge on any atom is 0.327 e. The first-order valence-corrected chi connectivity index (χ1v) is 19.5. The molecule has 20 heteroatoms. The van der Waals surface area contributed by atoms with Gasteiger partial charge in [-0.15, -0.1) is 23.2 Å². The number of hydrogen-bond acceptors (Lipinski definition) is 16. The van der Waals surface area contributed by atoms with Crippen molar-refractivity contribution in [1.29, 1.82) is 0 Å². The lowest BCUT2D eigenvalue weighted by atomic mass is 9.69. The zero-order valence-electron chi connectivity index (χ0n) is 33.4. The van der Waals surface area contributed by atoms with Gasteiger partial charge in [-0.25, -0.2) is 0 Å². The first kappa shape index (κ1) is 51.9. The van der Waals surface area contributed by atoms with E-state index in [-0.39, 0.29) is 52.3 Å². The summed E-state index contributed by atoms with van der Waals surface area (Å²) in [5.74, 6) is -4.17. The molecule has 17 nitrogen and oxygen atoms in total. The highest BCUT2D eigenvalue weighted by Gasteiger charge is 2.51. The minimum absolute atomic E-state index is 0.0939. The van der Waals surface area contributed by atoms with Crippen molar-refractivity contribution in [1.82, 2.24) is 0 Å². The van der Waals surface area contributed by atoms with Crippen LogP contribution < -0.4 is 4.89 Å². The molecule has 0 fully saturated rings. The minimum atomic E-state index is -4.62. The van der Waals surface area contributed by atoms with Gasteiger partial charge >= 0.3 is 29.8 Å². The standard InChI is InChI=1S/C34H60Cl2NO16P/c1-12-47-24-32(5,22-31(4,26(40)48-16-14-38)23-34(7,36)28(42)46-11)27(41)50-18-17-49-25(39)30(2,3)21-33(6,35)29(43)51-19-20-53-54(44,45)52-15-13-37(8,9)10/h38H,12-24H2,1-11H3. The molecule has 316 valence electrons. The highest BCUT2D eigenvalue weighted by atomic mass is 35.5. The topological polar surface area (TPSA) is 220 Å². The van der Waals surface area contributed by atoms with E-state index in [4.69, 9.17) is 60.7 Å². The Morgan fingerprint density at radius 2 is 1.13 bits per heavy atom. The number of aliphatic hydroxyl groups excluding tert-OH is 1. The van der Waals surface area contributed by atoms with E-state index in [9.17, 15) is 38.5 Å². The first-order valence-electron chi connectivity index (χ1n) is 17.3. The lowest BCUT2D eigenvalue weighted by Gasteiger charge is -2.38. The molecule has 0 aromatic carbocycles. The van der Waals surface area contributed by atoms with Gasteiger partial charge in [0.15, 0.2) is 0 Å². The largest absolute Gasteiger partial charge is 0.756 e. The highest BCUT2D eigenvalue weighted by molar-refractivity contribution is 7.45. The number of rotatable bonds is 27. The second kappa shape index (κ2) is 22.0. The van der Waals surface area contributed by atoms with Crippen LogP contribution >= 0.6 is 31.0 Å². The molecule has 0 spiro atoms. The smallest absolute Gasteiger partial charge is 0.327 e. The summed E-state index contributed by atoms with van der Waals surface area (Å²) in [6.07, 6.45) is -0.821. The second-order valence-corrected chi connectivity index (χ2v) is 18.5. The van der Waals surface area contributed by atoms with Crippen LogP contribution in [0.25, 0.3) is 0 Å². The van der Waals surface area contributed by atoms with Crippen LogP contribution in [0.15, 0.2) is 0 Å². The van der Waals surface area contributed by atoms with E-state index >= 15 is 0 Å². The number of aliphatic hydroxyl groups is 1. The molecule has 0 aliphatic heterocycles. The van der Waals surface area contributed by atoms with Gasteiger partial charge in [-0.05, 0) is 67.7 Å². The first-order chi connectivity index (χ1) is 24.5. The summed E-state index contributed by atoms with van der Waals surface area (Å²) in [6, 6.07) is 0. The van der Waals surface area contributed by atoms with Crippen molar-refractivity contribution in [2.24, 2.45) is 16.2 Å². The molecule has 1 N–H and O–H groups in total. The molecule has 0 aromatic rings. The Morgan fingerprint density at radius 3 is 1.65 bits per heavy atom. The number of methoxy groups -OCH3 is 1. The van der Waals surface area contributed by atoms with Gasteiger partial charge in [-0.3, -0.25) is 28.5 Å². The SMILES string of the molecule is CCOCC(C)(CC(C)(CC(C)(Cl)C(=O)OC)C(=O)OCCO)C(=O)OCCOC(=O)C(C)(C)CC(C)(Cl)C(=O)OCCOP(=O)([O-])OCC[N+](C)(C)C. The molecule has 0 bridgehead atoms. The van der Waals surface area contributed by atoms with E-state index in [1.807, 2.05) is 21.1 Å². The molecule has 0 heterocycles. The minimum Gasteiger partial charge on any atom is -0.756 e. The van der Waals surface area contributed by atoms with Crippen molar-refractivity contribution >= 4 is 60.9 Å². The lowest BCUT2D eigenvalue weighted by molar-refractivity contribution is -0.870. The van der Waals surface area contributed by atoms with Gasteiger partial charge < -0.3 is 52.0 Å². The van der Waals surface area contributed by atoms with Crippen molar-refractivity contribution in [3.63, 3.8) is 0 Å². The van der Waals surface area contributed by atoms with Crippen LogP contribution in [-0.2, 0) is 66.0 Å². The van der Waals surface area contributed by atoms with Crippen molar-refractivity contribution in [2.45, 2.75) is 77.5 Å². The Kier molecular flexibility index (Phi) is 21.2. The van der Waals surface area contributed by atoms with Gasteiger partial charge in [-0.1, -0.05) is 0 Å². The number of ether oxygens (including phenoxy) is 6. The Bertz CT molecular complexity index is 1300. The fraction of sp³-hybridized carbons (Fsp3) is 0.853. The molecule has 0 radical (unpaired) electrons. The third-order valence-corrected chi connectivity index (χ3v) is 9.50. The fourth-order valence-electron chi connectivity index (χ4n) is 5.42. The van der Waals surface area contributed by atoms with Gasteiger partial charge in [0, 0.05) is 6.61 Å². The summed E-state index contributed by atoms with van der Waals surface area (Å²) >= 11 is 12.9. The average Bonchev–Trinajstić information content (AvgIpc) is 3.04. The molecule has 5 atom stereocenters. The van der Waals surface area contributed by atoms with Gasteiger partial charge in [0.05, 0.1) is 64.3 Å². The monoisotopic (exact) mass is 839 g/mol. The Hall–Kier alpha value is -2.08. The molecular formula is C34H60Cl2NO16P. The predicted molar refractivity (Wildman–Crippen MR) is 194 cm³/mol. The molecule has 5 unspecified atom stereocenters. The van der Waals surface area contributed by atoms with Crippen LogP contribution in [0.2, 0.25) is 0 Å². The van der Waals surface area contributed by atoms with E-state index < -0.39 is 90.1 Å². The summed E-state index contributed by atoms with van der Waals surface area (Å²) < 4.78 is 53.3. The molecule has 0 rings (SSSR count). The number of phosphoric ester groups is 1. The Morgan fingerprint density at radius 1 is 0.667 bits per heavy atom. The van der Waals surface area contributed by atoms with Crippen molar-refractivity contribution < 1.29 is 80.5 Å². The Balaban J connectivity index is 5.42. The van der Waals surface area contributed by atoms with Crippen LogP contribution in [0, 0.1) is 16.2 Å². The van der Waals surface area contributed by atoms with Crippen molar-refractivity contribution in [2.75, 3.05) is 94.3 Å². The summed E-state index contributed by atoms with van der Waals surface area (Å²) in [6.45, 7) is 8.09. The Labute approximate surface area is 328 Å². The molecule has 54 heavy (non-hydrogen) atoms. The summed E-state index contributed by atoms with van der Waals surface area (Å²) in [7, 11) is 2.10. The van der Waals surface area contributed by atoms with Crippen LogP contribution in [0.1, 0.15) is 67.7 Å². The molecule has 0 saturated heterocycles. The van der Waals surface area contributed by atoms with E-state index in [0.717, 1.165) is 7.11 Å². The van der Waals surface area contributed by atoms with E-state index in [1.165, 1.54) is 41.5 Å². The van der Waals surface area contributed by atoms with Gasteiger partial charge in [0.25, 0.3) is 7.82 Å². The molecule has 0 aliphatic carbocycles. The number of alkyl halides is 2. The molecular weight excluding hydrogens is 780 g/mol. The molecule has 0 aromatic heterocycles. The third kappa shape index (κ3) is 18.7. The second-order valence-electron chi connectivity index (χ2n) is 15.5. The summed E-state index contributed by atoms with van der Waals surface area (Å²) in [4.78, 5) is 73.4. The molecule has 0 amide bonds. The normalized spacial score (nSPS) is 17.7. The predicted octanol–water partition coefficient (Wildman–Crippen LogP) is 2.77. The van der Waals surface area contributed by atoms with Gasteiger partial charge in [0.2, 0.25) is 0 Å². The van der Waals surface area contributed by atoms with Crippen LogP contribution in [-0.4, -0.2) is 143 Å². The number of nitrogens with zero attached hydrogens (tertiary/aromatic N) is 1. The number of hydrogen-bond donors (Lipinski definition) is 1. The number of phosphoric acid groups is 1. The highest BCUT2D eigenvalue weighted by Crippen LogP contribution is 2.44. The van der Waals surface area contributed by atoms with Gasteiger partial charge in [-0.2, -0.15) is 0 Å². The number of likely N-dealkylation sites (N-methyl/N-ethyl adjacent to an activating group) is 1. The molecule has 0 saturated carbocycles. The summed E-state index contributed by atoms with van der Waals surface area (Å²) in [5, 5.41) is 9.21.